The molecule has 1 aromatic carbocycles. The van der Waals surface area contributed by atoms with Crippen LogP contribution < -0.4 is 10.9 Å². The van der Waals surface area contributed by atoms with Crippen molar-refractivity contribution in [2.45, 2.75) is 48.1 Å². The summed E-state index contributed by atoms with van der Waals surface area (Å²) in [6.45, 7) is 10.4. The number of ether oxygens (including phenoxy) is 2. The van der Waals surface area contributed by atoms with Crippen LogP contribution in [0.4, 0.5) is 11.4 Å². The molecule has 3 rings (SSSR count). The molecular formula is C26H30N4O5. The number of esters is 2. The Labute approximate surface area is 204 Å². The molecule has 2 heterocycles. The third-order valence-corrected chi connectivity index (χ3v) is 5.28. The zero-order chi connectivity index (χ0) is 25.8. The summed E-state index contributed by atoms with van der Waals surface area (Å²) in [5, 5.41) is 7.52. The second-order valence-corrected chi connectivity index (χ2v) is 9.13. The first-order valence-electron chi connectivity index (χ1n) is 11.3. The van der Waals surface area contributed by atoms with E-state index in [0.717, 1.165) is 11.1 Å². The smallest absolute Gasteiger partial charge is 0.345 e. The van der Waals surface area contributed by atoms with Crippen molar-refractivity contribution in [2.24, 2.45) is 5.41 Å². The molecule has 0 fully saturated rings. The number of hydrogen-bond donors (Lipinski definition) is 1. The number of nitrogens with zero attached hydrogens (tertiary/aromatic N) is 3. The van der Waals surface area contributed by atoms with Crippen molar-refractivity contribution in [3.8, 4) is 11.3 Å². The summed E-state index contributed by atoms with van der Waals surface area (Å²) in [5.74, 6) is -1.37. The molecule has 0 aliphatic carbocycles. The molecule has 0 saturated heterocycles. The summed E-state index contributed by atoms with van der Waals surface area (Å²) >= 11 is 0. The van der Waals surface area contributed by atoms with E-state index in [-0.39, 0.29) is 23.5 Å². The molecule has 0 aliphatic heterocycles. The maximum atomic E-state index is 13.3. The minimum absolute atomic E-state index is 0.000623. The lowest BCUT2D eigenvalue weighted by atomic mass is 9.98. The number of hydrogen-bond acceptors (Lipinski definition) is 8. The SMILES string of the molecule is CCn1nc(-c2ccc(C)cc2)c(C(=O)OCOC(=O)C(C)(C)C)c(Nc2cnccc2C)c1=O. The third kappa shape index (κ3) is 5.92. The van der Waals surface area contributed by atoms with E-state index in [1.165, 1.54) is 4.68 Å². The van der Waals surface area contributed by atoms with Gasteiger partial charge in [0, 0.05) is 18.3 Å². The van der Waals surface area contributed by atoms with Gasteiger partial charge in [-0.3, -0.25) is 14.6 Å². The number of aromatic nitrogens is 3. The maximum absolute atomic E-state index is 13.3. The number of benzene rings is 1. The molecule has 35 heavy (non-hydrogen) atoms. The van der Waals surface area contributed by atoms with E-state index in [9.17, 15) is 14.4 Å². The average molecular weight is 479 g/mol. The summed E-state index contributed by atoms with van der Waals surface area (Å²) in [7, 11) is 0. The van der Waals surface area contributed by atoms with Gasteiger partial charge >= 0.3 is 11.9 Å². The summed E-state index contributed by atoms with van der Waals surface area (Å²) < 4.78 is 11.7. The summed E-state index contributed by atoms with van der Waals surface area (Å²) in [6, 6.07) is 9.19. The van der Waals surface area contributed by atoms with Crippen LogP contribution in [0, 0.1) is 19.3 Å². The molecule has 2 aromatic heterocycles. The maximum Gasteiger partial charge on any atom is 0.345 e. The Morgan fingerprint density at radius 2 is 1.74 bits per heavy atom. The molecule has 1 N–H and O–H groups in total. The Balaban J connectivity index is 2.13. The van der Waals surface area contributed by atoms with Gasteiger partial charge in [-0.2, -0.15) is 5.10 Å². The highest BCUT2D eigenvalue weighted by Gasteiger charge is 2.27. The molecule has 9 heteroatoms. The van der Waals surface area contributed by atoms with Crippen LogP contribution in [0.5, 0.6) is 0 Å². The number of carbonyl (C=O) groups is 2. The van der Waals surface area contributed by atoms with E-state index in [2.05, 4.69) is 15.4 Å². The highest BCUT2D eigenvalue weighted by molar-refractivity contribution is 6.02. The largest absolute Gasteiger partial charge is 0.427 e. The van der Waals surface area contributed by atoms with E-state index in [0.29, 0.717) is 11.3 Å². The van der Waals surface area contributed by atoms with Crippen molar-refractivity contribution >= 4 is 23.3 Å². The van der Waals surface area contributed by atoms with Crippen molar-refractivity contribution in [3.63, 3.8) is 0 Å². The van der Waals surface area contributed by atoms with Crippen molar-refractivity contribution in [2.75, 3.05) is 12.1 Å². The summed E-state index contributed by atoms with van der Waals surface area (Å²) in [6.07, 6.45) is 3.20. The van der Waals surface area contributed by atoms with Gasteiger partial charge in [0.25, 0.3) is 5.56 Å². The minimum atomic E-state index is -0.848. The van der Waals surface area contributed by atoms with E-state index in [4.69, 9.17) is 9.47 Å². The lowest BCUT2D eigenvalue weighted by molar-refractivity contribution is -0.161. The van der Waals surface area contributed by atoms with Crippen molar-refractivity contribution in [1.82, 2.24) is 14.8 Å². The van der Waals surface area contributed by atoms with Gasteiger partial charge in [0.1, 0.15) is 16.9 Å². The van der Waals surface area contributed by atoms with Crippen LogP contribution in [0.2, 0.25) is 0 Å². The molecule has 0 amide bonds. The molecule has 0 saturated carbocycles. The standard InChI is InChI=1S/C26H30N4O5/c1-7-30-23(31)22(28-19-14-27-13-12-17(19)3)20(21(29-30)18-10-8-16(2)9-11-18)24(32)34-15-35-25(33)26(4,5)6/h8-14,28H,7,15H2,1-6H3. The molecule has 0 aliphatic rings. The second-order valence-electron chi connectivity index (χ2n) is 9.13. The quantitative estimate of drug-likeness (QED) is 0.393. The molecule has 0 spiro atoms. The van der Waals surface area contributed by atoms with Gasteiger partial charge in [-0.05, 0) is 53.2 Å². The average Bonchev–Trinajstić information content (AvgIpc) is 2.81. The highest BCUT2D eigenvalue weighted by atomic mass is 16.7. The normalized spacial score (nSPS) is 11.1. The zero-order valence-corrected chi connectivity index (χ0v) is 20.8. The summed E-state index contributed by atoms with van der Waals surface area (Å²) in [5.41, 5.74) is 2.00. The topological polar surface area (TPSA) is 112 Å². The van der Waals surface area contributed by atoms with E-state index in [1.54, 1.807) is 46.2 Å². The minimum Gasteiger partial charge on any atom is -0.427 e. The number of rotatable bonds is 7. The fourth-order valence-electron chi connectivity index (χ4n) is 3.17. The molecule has 0 unspecified atom stereocenters. The zero-order valence-electron chi connectivity index (χ0n) is 20.8. The van der Waals surface area contributed by atoms with Gasteiger partial charge in [0.05, 0.1) is 17.3 Å². The Kier molecular flexibility index (Phi) is 7.68. The van der Waals surface area contributed by atoms with Gasteiger partial charge in [0.15, 0.2) is 0 Å². The van der Waals surface area contributed by atoms with Gasteiger partial charge in [-0.15, -0.1) is 0 Å². The van der Waals surface area contributed by atoms with E-state index >= 15 is 0 Å². The van der Waals surface area contributed by atoms with Crippen LogP contribution in [-0.2, 0) is 20.8 Å². The number of aryl methyl sites for hydroxylation is 3. The van der Waals surface area contributed by atoms with E-state index in [1.807, 2.05) is 38.1 Å². The van der Waals surface area contributed by atoms with Crippen molar-refractivity contribution < 1.29 is 19.1 Å². The molecule has 184 valence electrons. The van der Waals surface area contributed by atoms with Gasteiger partial charge in [0.2, 0.25) is 6.79 Å². The predicted molar refractivity (Wildman–Crippen MR) is 132 cm³/mol. The fraction of sp³-hybridized carbons (Fsp3) is 0.346. The van der Waals surface area contributed by atoms with Crippen LogP contribution in [0.1, 0.15) is 49.2 Å². The van der Waals surface area contributed by atoms with Crippen LogP contribution in [0.15, 0.2) is 47.5 Å². The number of pyridine rings is 1. The van der Waals surface area contributed by atoms with Gasteiger partial charge in [-0.25, -0.2) is 9.48 Å². The monoisotopic (exact) mass is 478 g/mol. The first kappa shape index (κ1) is 25.6. The van der Waals surface area contributed by atoms with Gasteiger partial charge < -0.3 is 14.8 Å². The lowest BCUT2D eigenvalue weighted by Crippen LogP contribution is -2.30. The third-order valence-electron chi connectivity index (χ3n) is 5.28. The molecule has 9 nitrogen and oxygen atoms in total. The molecule has 0 radical (unpaired) electrons. The van der Waals surface area contributed by atoms with Crippen molar-refractivity contribution in [1.29, 1.82) is 0 Å². The first-order valence-corrected chi connectivity index (χ1v) is 11.3. The Morgan fingerprint density at radius 1 is 1.06 bits per heavy atom. The van der Waals surface area contributed by atoms with Crippen LogP contribution in [-0.4, -0.2) is 33.5 Å². The number of carbonyl (C=O) groups excluding carboxylic acids is 2. The summed E-state index contributed by atoms with van der Waals surface area (Å²) in [4.78, 5) is 42.8. The fourth-order valence-corrected chi connectivity index (χ4v) is 3.17. The molecule has 3 aromatic rings. The second kappa shape index (κ2) is 10.5. The molecular weight excluding hydrogens is 448 g/mol. The Morgan fingerprint density at radius 3 is 2.34 bits per heavy atom. The predicted octanol–water partition coefficient (Wildman–Crippen LogP) is 4.39. The molecule has 0 atom stereocenters. The van der Waals surface area contributed by atoms with Crippen LogP contribution >= 0.6 is 0 Å². The van der Waals surface area contributed by atoms with Gasteiger partial charge in [-0.1, -0.05) is 29.8 Å². The first-order chi connectivity index (χ1) is 16.5. The van der Waals surface area contributed by atoms with Crippen LogP contribution in [0.3, 0.4) is 0 Å². The Bertz CT molecular complexity index is 1290. The molecule has 0 bridgehead atoms. The number of anilines is 2. The lowest BCUT2D eigenvalue weighted by Gasteiger charge is -2.19. The van der Waals surface area contributed by atoms with Crippen LogP contribution in [0.25, 0.3) is 11.3 Å². The number of nitrogens with one attached hydrogen (secondary N) is 1. The van der Waals surface area contributed by atoms with Crippen molar-refractivity contribution in [3.05, 3.63) is 69.8 Å². The highest BCUT2D eigenvalue weighted by Crippen LogP contribution is 2.29. The Hall–Kier alpha value is -4.01. The van der Waals surface area contributed by atoms with E-state index < -0.39 is 29.7 Å².